The number of benzene rings is 2. The molecule has 0 aliphatic heterocycles. The second-order valence-electron chi connectivity index (χ2n) is 5.88. The molecule has 3 rings (SSSR count). The summed E-state index contributed by atoms with van der Waals surface area (Å²) in [4.78, 5) is 10.6. The highest BCUT2D eigenvalue weighted by atomic mass is 127. The monoisotopic (exact) mass is 496 g/mol. The van der Waals surface area contributed by atoms with E-state index in [2.05, 4.69) is 37.6 Å². The summed E-state index contributed by atoms with van der Waals surface area (Å²) in [5.74, 6) is 1.56. The Morgan fingerprint density at radius 3 is 2.74 bits per heavy atom. The number of aliphatic imine (C=N–C) groups is 1. The standard InChI is InChI=1S/C19H21ClN6.HI/c1-21-19(26(2)12-16-7-3-4-9-17(16)20)22-11-14-6-5-8-15(10-14)18-23-13-24-25-18;/h3-10,13H,11-12H2,1-2H3,(H,21,22)(H,23,24,25);1H. The van der Waals surface area contributed by atoms with Crippen LogP contribution in [0.2, 0.25) is 5.02 Å². The van der Waals surface area contributed by atoms with Crippen molar-refractivity contribution in [3.05, 3.63) is 71.0 Å². The molecule has 0 saturated heterocycles. The lowest BCUT2D eigenvalue weighted by Crippen LogP contribution is -2.38. The number of H-pyrrole nitrogens is 1. The van der Waals surface area contributed by atoms with E-state index < -0.39 is 0 Å². The lowest BCUT2D eigenvalue weighted by molar-refractivity contribution is 0.476. The summed E-state index contributed by atoms with van der Waals surface area (Å²) < 4.78 is 0. The molecule has 0 spiro atoms. The molecule has 0 fully saturated rings. The van der Waals surface area contributed by atoms with Crippen LogP contribution in [0.3, 0.4) is 0 Å². The Morgan fingerprint density at radius 1 is 1.22 bits per heavy atom. The van der Waals surface area contributed by atoms with Crippen molar-refractivity contribution in [2.75, 3.05) is 14.1 Å². The Balaban J connectivity index is 0.00000261. The lowest BCUT2D eigenvalue weighted by atomic mass is 10.1. The number of hydrogen-bond donors (Lipinski definition) is 2. The Kier molecular flexibility index (Phi) is 8.05. The average Bonchev–Trinajstić information content (AvgIpc) is 3.19. The Labute approximate surface area is 181 Å². The molecule has 0 amide bonds. The summed E-state index contributed by atoms with van der Waals surface area (Å²) >= 11 is 6.25. The molecule has 142 valence electrons. The molecule has 0 saturated carbocycles. The van der Waals surface area contributed by atoms with E-state index in [9.17, 15) is 0 Å². The van der Waals surface area contributed by atoms with Gasteiger partial charge in [-0.2, -0.15) is 5.10 Å². The summed E-state index contributed by atoms with van der Waals surface area (Å²) in [5, 5.41) is 10.9. The topological polar surface area (TPSA) is 69.2 Å². The molecule has 1 heterocycles. The van der Waals surface area contributed by atoms with Gasteiger partial charge in [-0.1, -0.05) is 48.0 Å². The minimum atomic E-state index is 0. The molecule has 0 aliphatic rings. The van der Waals surface area contributed by atoms with Gasteiger partial charge in [0, 0.05) is 37.8 Å². The summed E-state index contributed by atoms with van der Waals surface area (Å²) in [6.07, 6.45) is 1.51. The zero-order valence-corrected chi connectivity index (χ0v) is 18.3. The maximum atomic E-state index is 6.25. The van der Waals surface area contributed by atoms with Crippen LogP contribution in [0.25, 0.3) is 11.4 Å². The van der Waals surface area contributed by atoms with Crippen LogP contribution in [0.5, 0.6) is 0 Å². The number of guanidine groups is 1. The van der Waals surface area contributed by atoms with Gasteiger partial charge in [0.15, 0.2) is 11.8 Å². The molecule has 2 aromatic carbocycles. The average molecular weight is 497 g/mol. The second-order valence-corrected chi connectivity index (χ2v) is 6.29. The first kappa shape index (κ1) is 21.2. The van der Waals surface area contributed by atoms with E-state index in [0.717, 1.165) is 33.5 Å². The van der Waals surface area contributed by atoms with Gasteiger partial charge in [-0.05, 0) is 23.3 Å². The highest BCUT2D eigenvalue weighted by Crippen LogP contribution is 2.17. The van der Waals surface area contributed by atoms with Crippen LogP contribution in [0, 0.1) is 0 Å². The summed E-state index contributed by atoms with van der Waals surface area (Å²) in [7, 11) is 3.76. The van der Waals surface area contributed by atoms with Crippen LogP contribution in [-0.2, 0) is 13.1 Å². The maximum absolute atomic E-state index is 6.25. The number of nitrogens with one attached hydrogen (secondary N) is 2. The van der Waals surface area contributed by atoms with E-state index >= 15 is 0 Å². The van der Waals surface area contributed by atoms with E-state index in [0.29, 0.717) is 13.1 Å². The van der Waals surface area contributed by atoms with Crippen molar-refractivity contribution in [1.82, 2.24) is 25.4 Å². The van der Waals surface area contributed by atoms with Crippen molar-refractivity contribution in [3.63, 3.8) is 0 Å². The van der Waals surface area contributed by atoms with Gasteiger partial charge in [-0.25, -0.2) is 4.98 Å². The third kappa shape index (κ3) is 5.67. The van der Waals surface area contributed by atoms with E-state index in [-0.39, 0.29) is 24.0 Å². The fourth-order valence-corrected chi connectivity index (χ4v) is 2.89. The van der Waals surface area contributed by atoms with Gasteiger partial charge in [0.1, 0.15) is 6.33 Å². The van der Waals surface area contributed by atoms with Crippen molar-refractivity contribution in [3.8, 4) is 11.4 Å². The van der Waals surface area contributed by atoms with Crippen molar-refractivity contribution in [2.24, 2.45) is 4.99 Å². The van der Waals surface area contributed by atoms with Crippen molar-refractivity contribution in [1.29, 1.82) is 0 Å². The molecular weight excluding hydrogens is 475 g/mol. The van der Waals surface area contributed by atoms with Gasteiger partial charge in [0.2, 0.25) is 0 Å². The summed E-state index contributed by atoms with van der Waals surface area (Å²) in [6, 6.07) is 16.0. The van der Waals surface area contributed by atoms with E-state index in [1.807, 2.05) is 48.3 Å². The number of aromatic nitrogens is 3. The zero-order valence-electron chi connectivity index (χ0n) is 15.2. The molecule has 3 aromatic rings. The van der Waals surface area contributed by atoms with Crippen LogP contribution in [0.1, 0.15) is 11.1 Å². The molecule has 6 nitrogen and oxygen atoms in total. The van der Waals surface area contributed by atoms with Gasteiger partial charge < -0.3 is 10.2 Å². The molecule has 27 heavy (non-hydrogen) atoms. The molecule has 0 radical (unpaired) electrons. The first-order valence-electron chi connectivity index (χ1n) is 8.27. The molecular formula is C19H22ClIN6. The number of nitrogens with zero attached hydrogens (tertiary/aromatic N) is 4. The number of hydrogen-bond acceptors (Lipinski definition) is 3. The SMILES string of the molecule is CN=C(NCc1cccc(-c2ncn[nH]2)c1)N(C)Cc1ccccc1Cl.I. The first-order chi connectivity index (χ1) is 12.7. The Bertz CT molecular complexity index is 881. The Hall–Kier alpha value is -2.13. The van der Waals surface area contributed by atoms with Crippen LogP contribution in [0.15, 0.2) is 59.9 Å². The van der Waals surface area contributed by atoms with E-state index in [1.54, 1.807) is 7.05 Å². The van der Waals surface area contributed by atoms with Gasteiger partial charge in [0.25, 0.3) is 0 Å². The maximum Gasteiger partial charge on any atom is 0.193 e. The second kappa shape index (κ2) is 10.3. The minimum absolute atomic E-state index is 0. The van der Waals surface area contributed by atoms with Crippen molar-refractivity contribution in [2.45, 2.75) is 13.1 Å². The first-order valence-corrected chi connectivity index (χ1v) is 8.65. The Morgan fingerprint density at radius 2 is 2.04 bits per heavy atom. The number of halogens is 2. The fraction of sp³-hybridized carbons (Fsp3) is 0.211. The van der Waals surface area contributed by atoms with Gasteiger partial charge in [0.05, 0.1) is 0 Å². The normalized spacial score (nSPS) is 11.0. The van der Waals surface area contributed by atoms with E-state index in [4.69, 9.17) is 11.6 Å². The van der Waals surface area contributed by atoms with E-state index in [1.165, 1.54) is 6.33 Å². The van der Waals surface area contributed by atoms with Crippen LogP contribution < -0.4 is 5.32 Å². The van der Waals surface area contributed by atoms with Crippen LogP contribution >= 0.6 is 35.6 Å². The summed E-state index contributed by atoms with van der Waals surface area (Å²) in [6.45, 7) is 1.33. The minimum Gasteiger partial charge on any atom is -0.352 e. The predicted molar refractivity (Wildman–Crippen MR) is 120 cm³/mol. The quantitative estimate of drug-likeness (QED) is 0.319. The van der Waals surface area contributed by atoms with Crippen LogP contribution in [0.4, 0.5) is 0 Å². The molecule has 2 N–H and O–H groups in total. The van der Waals surface area contributed by atoms with Gasteiger partial charge in [-0.3, -0.25) is 10.1 Å². The molecule has 0 unspecified atom stereocenters. The molecule has 0 bridgehead atoms. The van der Waals surface area contributed by atoms with Gasteiger partial charge in [-0.15, -0.1) is 24.0 Å². The molecule has 8 heteroatoms. The zero-order chi connectivity index (χ0) is 18.4. The highest BCUT2D eigenvalue weighted by molar-refractivity contribution is 14.0. The fourth-order valence-electron chi connectivity index (χ4n) is 2.70. The molecule has 0 atom stereocenters. The third-order valence-corrected chi connectivity index (χ3v) is 4.37. The predicted octanol–water partition coefficient (Wildman–Crippen LogP) is 3.95. The largest absolute Gasteiger partial charge is 0.352 e. The third-order valence-electron chi connectivity index (χ3n) is 4.00. The lowest BCUT2D eigenvalue weighted by Gasteiger charge is -2.22. The van der Waals surface area contributed by atoms with Gasteiger partial charge >= 0.3 is 0 Å². The number of rotatable bonds is 5. The van der Waals surface area contributed by atoms with Crippen LogP contribution in [-0.4, -0.2) is 40.1 Å². The summed E-state index contributed by atoms with van der Waals surface area (Å²) in [5.41, 5.74) is 3.19. The van der Waals surface area contributed by atoms with Crippen molar-refractivity contribution >= 4 is 41.5 Å². The molecule has 1 aromatic heterocycles. The highest BCUT2D eigenvalue weighted by Gasteiger charge is 2.09. The van der Waals surface area contributed by atoms with Crippen molar-refractivity contribution < 1.29 is 0 Å². The molecule has 0 aliphatic carbocycles. The number of aromatic amines is 1. The smallest absolute Gasteiger partial charge is 0.193 e.